The van der Waals surface area contributed by atoms with Crippen LogP contribution in [0.2, 0.25) is 0 Å². The number of nitrogens with one attached hydrogen (secondary N) is 1. The minimum absolute atomic E-state index is 0.0674. The van der Waals surface area contributed by atoms with Crippen molar-refractivity contribution in [3.05, 3.63) is 29.7 Å². The number of nitrogen functional groups attached to an aromatic ring is 1. The Morgan fingerprint density at radius 2 is 2.11 bits per heavy atom. The summed E-state index contributed by atoms with van der Waals surface area (Å²) in [5, 5.41) is 9.82. The second kappa shape index (κ2) is 4.97. The summed E-state index contributed by atoms with van der Waals surface area (Å²) >= 11 is 0. The molecule has 0 spiro atoms. The second-order valence-electron chi connectivity index (χ2n) is 4.25. The van der Waals surface area contributed by atoms with Crippen LogP contribution in [0.15, 0.2) is 22.6 Å². The number of rotatable bonds is 3. The molecule has 7 nitrogen and oxygen atoms in total. The van der Waals surface area contributed by atoms with Gasteiger partial charge in [0.25, 0.3) is 5.91 Å². The summed E-state index contributed by atoms with van der Waals surface area (Å²) in [7, 11) is 3.76. The van der Waals surface area contributed by atoms with Crippen molar-refractivity contribution >= 4 is 23.3 Å². The van der Waals surface area contributed by atoms with E-state index in [-0.39, 0.29) is 11.9 Å². The van der Waals surface area contributed by atoms with Crippen molar-refractivity contribution in [1.29, 1.82) is 0 Å². The van der Waals surface area contributed by atoms with Crippen molar-refractivity contribution in [3.63, 3.8) is 0 Å². The van der Waals surface area contributed by atoms with Crippen LogP contribution in [0.25, 0.3) is 0 Å². The van der Waals surface area contributed by atoms with E-state index >= 15 is 0 Å². The number of amides is 1. The highest BCUT2D eigenvalue weighted by molar-refractivity contribution is 6.04. The molecule has 1 amide bonds. The first-order valence-corrected chi connectivity index (χ1v) is 5.65. The number of carbonyl (C=O) groups is 1. The lowest BCUT2D eigenvalue weighted by Crippen LogP contribution is -2.15. The van der Waals surface area contributed by atoms with Gasteiger partial charge in [-0.25, -0.2) is 0 Å². The third-order valence-electron chi connectivity index (χ3n) is 2.52. The molecule has 0 bridgehead atoms. The zero-order chi connectivity index (χ0) is 14.0. The number of carbonyl (C=O) groups excluding carboxylic acids is 1. The fourth-order valence-corrected chi connectivity index (χ4v) is 1.62. The molecular formula is C12H15N5O2. The van der Waals surface area contributed by atoms with Gasteiger partial charge in [0.2, 0.25) is 5.89 Å². The first-order valence-electron chi connectivity index (χ1n) is 5.65. The highest BCUT2D eigenvalue weighted by Crippen LogP contribution is 2.22. The third-order valence-corrected chi connectivity index (χ3v) is 2.52. The predicted molar refractivity (Wildman–Crippen MR) is 72.2 cm³/mol. The Hall–Kier alpha value is -2.57. The van der Waals surface area contributed by atoms with Crippen molar-refractivity contribution in [2.75, 3.05) is 30.0 Å². The fraction of sp³-hybridized carbons (Fsp3) is 0.250. The van der Waals surface area contributed by atoms with E-state index in [4.69, 9.17) is 10.2 Å². The van der Waals surface area contributed by atoms with Gasteiger partial charge in [-0.1, -0.05) is 5.10 Å². The lowest BCUT2D eigenvalue weighted by Gasteiger charge is -2.15. The van der Waals surface area contributed by atoms with Gasteiger partial charge in [-0.05, 0) is 18.2 Å². The van der Waals surface area contributed by atoms with Gasteiger partial charge >= 0.3 is 6.01 Å². The maximum atomic E-state index is 11.9. The molecule has 0 aliphatic carbocycles. The lowest BCUT2D eigenvalue weighted by atomic mass is 10.1. The van der Waals surface area contributed by atoms with E-state index in [2.05, 4.69) is 15.5 Å². The monoisotopic (exact) mass is 261 g/mol. The van der Waals surface area contributed by atoms with Gasteiger partial charge in [0, 0.05) is 26.6 Å². The lowest BCUT2D eigenvalue weighted by molar-refractivity contribution is 0.102. The Bertz CT molecular complexity index is 606. The van der Waals surface area contributed by atoms with E-state index in [0.717, 1.165) is 5.69 Å². The molecule has 1 heterocycles. The van der Waals surface area contributed by atoms with Crippen molar-refractivity contribution in [2.24, 2.45) is 0 Å². The van der Waals surface area contributed by atoms with Crippen LogP contribution in [0.3, 0.4) is 0 Å². The van der Waals surface area contributed by atoms with Gasteiger partial charge in [0.05, 0.1) is 11.4 Å². The average Bonchev–Trinajstić information content (AvgIpc) is 2.74. The van der Waals surface area contributed by atoms with Gasteiger partial charge in [0.1, 0.15) is 0 Å². The van der Waals surface area contributed by atoms with Gasteiger partial charge in [-0.15, -0.1) is 5.10 Å². The number of nitrogens with two attached hydrogens (primary N) is 1. The van der Waals surface area contributed by atoms with E-state index in [1.807, 2.05) is 19.0 Å². The number of hydrogen-bond donors (Lipinski definition) is 2. The second-order valence-corrected chi connectivity index (χ2v) is 4.25. The molecule has 19 heavy (non-hydrogen) atoms. The van der Waals surface area contributed by atoms with Crippen LogP contribution in [-0.4, -0.2) is 30.2 Å². The number of nitrogens with zero attached hydrogens (tertiary/aromatic N) is 3. The summed E-state index contributed by atoms with van der Waals surface area (Å²) in [5.41, 5.74) is 7.69. The molecule has 1 aromatic carbocycles. The highest BCUT2D eigenvalue weighted by Gasteiger charge is 2.12. The van der Waals surface area contributed by atoms with Crippen molar-refractivity contribution in [3.8, 4) is 0 Å². The van der Waals surface area contributed by atoms with Gasteiger partial charge in [-0.3, -0.25) is 10.1 Å². The zero-order valence-corrected chi connectivity index (χ0v) is 11.0. The van der Waals surface area contributed by atoms with Crippen LogP contribution in [0, 0.1) is 6.92 Å². The molecule has 0 saturated carbocycles. The highest BCUT2D eigenvalue weighted by atomic mass is 16.4. The summed E-state index contributed by atoms with van der Waals surface area (Å²) in [4.78, 5) is 13.8. The molecule has 0 unspecified atom stereocenters. The van der Waals surface area contributed by atoms with Crippen LogP contribution in [0.1, 0.15) is 16.2 Å². The molecule has 0 atom stereocenters. The molecule has 0 fully saturated rings. The van der Waals surface area contributed by atoms with E-state index < -0.39 is 0 Å². The number of benzene rings is 1. The summed E-state index contributed by atoms with van der Waals surface area (Å²) in [5.74, 6) is 0.0402. The topological polar surface area (TPSA) is 97.3 Å². The standard InChI is InChI=1S/C12H15N5O2/c1-7-15-16-12(19-7)14-11(18)8-4-5-10(17(2)3)9(13)6-8/h4-6H,13H2,1-3H3,(H,14,16,18). The van der Waals surface area contributed by atoms with Gasteiger partial charge in [0.15, 0.2) is 0 Å². The zero-order valence-electron chi connectivity index (χ0n) is 11.0. The Labute approximate surface area is 110 Å². The quantitative estimate of drug-likeness (QED) is 0.808. The smallest absolute Gasteiger partial charge is 0.322 e. The Balaban J connectivity index is 2.18. The molecule has 0 radical (unpaired) electrons. The Morgan fingerprint density at radius 1 is 1.37 bits per heavy atom. The first kappa shape index (κ1) is 12.9. The molecule has 2 rings (SSSR count). The summed E-state index contributed by atoms with van der Waals surface area (Å²) in [6.07, 6.45) is 0. The molecule has 1 aromatic heterocycles. The fourth-order valence-electron chi connectivity index (χ4n) is 1.62. The third kappa shape index (κ3) is 2.82. The number of aryl methyl sites for hydroxylation is 1. The molecular weight excluding hydrogens is 246 g/mol. The van der Waals surface area contributed by atoms with Crippen LogP contribution in [0.4, 0.5) is 17.4 Å². The first-order chi connectivity index (χ1) is 8.97. The van der Waals surface area contributed by atoms with Gasteiger partial charge < -0.3 is 15.1 Å². The average molecular weight is 261 g/mol. The largest absolute Gasteiger partial charge is 0.408 e. The van der Waals surface area contributed by atoms with Crippen LogP contribution >= 0.6 is 0 Å². The number of anilines is 3. The number of hydrogen-bond acceptors (Lipinski definition) is 6. The van der Waals surface area contributed by atoms with Gasteiger partial charge in [-0.2, -0.15) is 0 Å². The molecule has 3 N–H and O–H groups in total. The Kier molecular flexibility index (Phi) is 3.37. The van der Waals surface area contributed by atoms with Crippen molar-refractivity contribution < 1.29 is 9.21 Å². The Morgan fingerprint density at radius 3 is 2.63 bits per heavy atom. The molecule has 2 aromatic rings. The SMILES string of the molecule is Cc1nnc(NC(=O)c2ccc(N(C)C)c(N)c2)o1. The minimum atomic E-state index is -0.347. The normalized spacial score (nSPS) is 10.3. The maximum absolute atomic E-state index is 11.9. The summed E-state index contributed by atoms with van der Waals surface area (Å²) < 4.78 is 5.07. The summed E-state index contributed by atoms with van der Waals surface area (Å²) in [6.45, 7) is 1.65. The number of aromatic nitrogens is 2. The maximum Gasteiger partial charge on any atom is 0.322 e. The summed E-state index contributed by atoms with van der Waals surface area (Å²) in [6, 6.07) is 5.14. The molecule has 0 saturated heterocycles. The minimum Gasteiger partial charge on any atom is -0.408 e. The van der Waals surface area contributed by atoms with E-state index in [0.29, 0.717) is 17.1 Å². The predicted octanol–water partition coefficient (Wildman–Crippen LogP) is 1.28. The van der Waals surface area contributed by atoms with Crippen molar-refractivity contribution in [1.82, 2.24) is 10.2 Å². The van der Waals surface area contributed by atoms with Crippen LogP contribution in [-0.2, 0) is 0 Å². The van der Waals surface area contributed by atoms with Crippen molar-refractivity contribution in [2.45, 2.75) is 6.92 Å². The molecule has 100 valence electrons. The van der Waals surface area contributed by atoms with Crippen LogP contribution < -0.4 is 16.0 Å². The molecule has 0 aliphatic rings. The van der Waals surface area contributed by atoms with E-state index in [1.165, 1.54) is 0 Å². The molecule has 7 heteroatoms. The van der Waals surface area contributed by atoms with E-state index in [1.54, 1.807) is 25.1 Å². The van der Waals surface area contributed by atoms with E-state index in [9.17, 15) is 4.79 Å². The molecule has 0 aliphatic heterocycles. The van der Waals surface area contributed by atoms with Crippen LogP contribution in [0.5, 0.6) is 0 Å².